The van der Waals surface area contributed by atoms with E-state index in [-0.39, 0.29) is 131 Å². The molecule has 7 aromatic carbocycles. The number of phenols is 1. The first-order valence-corrected chi connectivity index (χ1v) is 44.5. The second-order valence-corrected chi connectivity index (χ2v) is 34.6. The molecule has 7 aromatic rings. The molecule has 3 atom stereocenters. The summed E-state index contributed by atoms with van der Waals surface area (Å²) >= 11 is 16.9. The summed E-state index contributed by atoms with van der Waals surface area (Å²) in [6.45, 7) is 18.5. The number of rotatable bonds is 26. The molecule has 0 saturated carbocycles. The number of phenolic OH excluding ortho intramolecular Hbond substituents is 1. The van der Waals surface area contributed by atoms with Gasteiger partial charge in [0.25, 0.3) is 17.7 Å². The van der Waals surface area contributed by atoms with E-state index in [0.717, 1.165) is 69.5 Å². The molecule has 8 aliphatic rings. The van der Waals surface area contributed by atoms with Gasteiger partial charge in [0.15, 0.2) is 5.78 Å². The Bertz CT molecular complexity index is 5130. The van der Waals surface area contributed by atoms with E-state index in [1.807, 2.05) is 108 Å². The molecule has 10 amide bonds. The number of amides is 10. The lowest BCUT2D eigenvalue weighted by Gasteiger charge is -2.29. The Labute approximate surface area is 770 Å². The van der Waals surface area contributed by atoms with Gasteiger partial charge >= 0.3 is 11.9 Å². The van der Waals surface area contributed by atoms with Crippen molar-refractivity contribution in [2.24, 2.45) is 11.5 Å². The minimum absolute atomic E-state index is 0.00119. The number of carbonyl (C=O) groups is 13. The van der Waals surface area contributed by atoms with Crippen LogP contribution in [0.3, 0.4) is 0 Å². The zero-order valence-corrected chi connectivity index (χ0v) is 76.1. The molecule has 6 N–H and O–H groups in total. The Morgan fingerprint density at radius 1 is 0.454 bits per heavy atom. The molecular weight excluding hydrogens is 1740 g/mol. The lowest BCUT2D eigenvalue weighted by molar-refractivity contribution is -0.156. The van der Waals surface area contributed by atoms with Gasteiger partial charge in [0.1, 0.15) is 86.2 Å². The Morgan fingerprint density at radius 2 is 0.815 bits per heavy atom. The lowest BCUT2D eigenvalue weighted by Crippen LogP contribution is -2.52. The van der Waals surface area contributed by atoms with Crippen LogP contribution in [-0.4, -0.2) is 213 Å². The van der Waals surface area contributed by atoms with Gasteiger partial charge in [-0.2, -0.15) is 0 Å². The van der Waals surface area contributed by atoms with Crippen molar-refractivity contribution in [3.8, 4) is 17.2 Å². The number of nitrogens with one attached hydrogen (secondary N) is 1. The summed E-state index contributed by atoms with van der Waals surface area (Å²) in [7, 11) is 0. The number of fused-ring (bicyclic) bond motifs is 3. The van der Waals surface area contributed by atoms with Crippen molar-refractivity contribution in [2.45, 2.75) is 192 Å². The Morgan fingerprint density at radius 3 is 1.16 bits per heavy atom. The van der Waals surface area contributed by atoms with Crippen molar-refractivity contribution in [2.75, 3.05) is 72.5 Å². The van der Waals surface area contributed by atoms with Crippen LogP contribution in [-0.2, 0) is 146 Å². The van der Waals surface area contributed by atoms with Crippen molar-refractivity contribution < 1.29 is 105 Å². The molecular formula is C96H112Cl3N9O22. The Kier molecular flexibility index (Phi) is 37.2. The Hall–Kier alpha value is -11.8. The number of hydrogen-bond acceptors (Lipinski definition) is 22. The molecule has 31 nitrogen and oxygen atoms in total. The first-order chi connectivity index (χ1) is 62.2. The van der Waals surface area contributed by atoms with E-state index in [1.54, 1.807) is 93.8 Å². The van der Waals surface area contributed by atoms with Crippen molar-refractivity contribution in [1.29, 1.82) is 0 Å². The lowest BCUT2D eigenvalue weighted by atomic mass is 10.0. The summed E-state index contributed by atoms with van der Waals surface area (Å²) in [5.41, 5.74) is 21.4. The molecule has 5 saturated heterocycles. The zero-order valence-electron chi connectivity index (χ0n) is 73.9. The molecule has 694 valence electrons. The van der Waals surface area contributed by atoms with E-state index in [1.165, 1.54) is 20.8 Å². The van der Waals surface area contributed by atoms with E-state index in [4.69, 9.17) is 84.2 Å². The maximum atomic E-state index is 13.2. The molecule has 130 heavy (non-hydrogen) atoms. The minimum atomic E-state index is -0.948. The van der Waals surface area contributed by atoms with Crippen molar-refractivity contribution >= 4 is 112 Å². The summed E-state index contributed by atoms with van der Waals surface area (Å²) in [6, 6.07) is 44.3. The normalized spacial score (nSPS) is 17.0. The molecule has 8 heterocycles. The van der Waals surface area contributed by atoms with Gasteiger partial charge in [0, 0.05) is 123 Å². The average molecular weight is 1850 g/mol. The number of nitrogens with zero attached hydrogens (tertiary/aromatic N) is 6. The number of piperidine rings is 1. The number of halogens is 3. The topological polar surface area (TPSA) is 399 Å². The van der Waals surface area contributed by atoms with Crippen LogP contribution in [0.25, 0.3) is 0 Å². The quantitative estimate of drug-likeness (QED) is 0.0222. The van der Waals surface area contributed by atoms with Crippen LogP contribution < -0.4 is 26.3 Å². The van der Waals surface area contributed by atoms with Gasteiger partial charge in [-0.1, -0.05) is 115 Å². The van der Waals surface area contributed by atoms with E-state index >= 15 is 0 Å². The second-order valence-electron chi connectivity index (χ2n) is 33.8. The number of morpholine rings is 3. The molecule has 8 aliphatic heterocycles. The highest BCUT2D eigenvalue weighted by Crippen LogP contribution is 2.37. The summed E-state index contributed by atoms with van der Waals surface area (Å²) < 4.78 is 42.9. The fourth-order valence-corrected chi connectivity index (χ4v) is 15.4. The number of nitrogens with two attached hydrogens (primary N) is 2. The number of alkyl halides is 3. The first kappa shape index (κ1) is 100. The number of imide groups is 1. The van der Waals surface area contributed by atoms with Gasteiger partial charge in [-0.15, -0.1) is 34.8 Å². The summed E-state index contributed by atoms with van der Waals surface area (Å²) in [6.07, 6.45) is 2.26. The van der Waals surface area contributed by atoms with Crippen LogP contribution in [0.5, 0.6) is 17.2 Å². The predicted molar refractivity (Wildman–Crippen MR) is 480 cm³/mol. The molecule has 0 radical (unpaired) electrons. The second kappa shape index (κ2) is 48.2. The number of aromatic hydroxyl groups is 1. The highest BCUT2D eigenvalue weighted by Gasteiger charge is 2.42. The van der Waals surface area contributed by atoms with Gasteiger partial charge in [-0.3, -0.25) is 67.6 Å². The van der Waals surface area contributed by atoms with Gasteiger partial charge in [0.05, 0.1) is 39.5 Å². The van der Waals surface area contributed by atoms with Gasteiger partial charge in [-0.05, 0) is 148 Å². The summed E-state index contributed by atoms with van der Waals surface area (Å²) in [4.78, 5) is 166. The fourth-order valence-electron chi connectivity index (χ4n) is 14.9. The minimum Gasteiger partial charge on any atom is -0.508 e. The number of ether oxygens (including phenoxy) is 8. The number of carbonyl (C=O) groups excluding carboxylic acids is 13. The van der Waals surface area contributed by atoms with Gasteiger partial charge in [-0.25, -0.2) is 0 Å². The molecule has 34 heteroatoms. The van der Waals surface area contributed by atoms with E-state index in [2.05, 4.69) is 5.32 Å². The average Bonchev–Trinajstić information content (AvgIpc) is 1.64. The molecule has 15 rings (SSSR count). The third kappa shape index (κ3) is 29.6. The number of ketones is 1. The molecule has 5 fully saturated rings. The monoisotopic (exact) mass is 1850 g/mol. The standard InChI is InChI=1S/C29H35N3O7.C25H25N3O6.C17H22N2O5.C12H14ClNO2.C8H8Cl2.C5H8O2/c1-29(2,3)39-26(34)12-11-23(27(30)35)32-16-22-21(28(32)36)5-4-6-24(22)38-17-20-9-7-19(8-10-20)15-31-13-14-37-18-25(31)33;29-22-9-8-20(24(31)26-22)28-13-19-18(25(28)32)2-1-3-21(19)34-14-17-6-4-16(5-7-17)12-27-10-11-33-15-23(27)30;1-17(2,3)24-14(21)8-7-12(15(18)22)19-9-11-10(16(19)23)5-4-6-13(11)20;13-7-10-1-3-11(4-2-10)8-14-5-6-16-9-12(14)15;9-5-7-1-2-8(6-10)4-3-7;6-5-2-1-3-7-4-5/h4-10,23H,11-18H2,1-3H3,(H2,30,35);1-7,20H,8-15H2,(H,26,29,31);4-6,12,20H,7-9H2,1-3H3,(H2,18,22);1-4H,5-9H2;1-4H,5-6H2;1-4H2/t23-;20-;12-;;;/m000.../s1. The molecule has 0 bridgehead atoms. The van der Waals surface area contributed by atoms with Crippen LogP contribution in [0.4, 0.5) is 0 Å². The smallest absolute Gasteiger partial charge is 0.306 e. The molecule has 0 aromatic heterocycles. The largest absolute Gasteiger partial charge is 0.508 e. The number of benzene rings is 7. The third-order valence-corrected chi connectivity index (χ3v) is 22.6. The maximum absolute atomic E-state index is 13.2. The van der Waals surface area contributed by atoms with Crippen LogP contribution >= 0.6 is 34.8 Å². The van der Waals surface area contributed by atoms with Crippen LogP contribution in [0.1, 0.15) is 185 Å². The van der Waals surface area contributed by atoms with Crippen molar-refractivity contribution in [3.63, 3.8) is 0 Å². The van der Waals surface area contributed by atoms with E-state index < -0.39 is 59.0 Å². The number of Topliss-reactive ketones (excluding diaryl/α,β-unsaturated/α-hetero) is 1. The van der Waals surface area contributed by atoms with Crippen molar-refractivity contribution in [1.82, 2.24) is 34.7 Å². The molecule has 0 unspecified atom stereocenters. The van der Waals surface area contributed by atoms with Crippen LogP contribution in [0.15, 0.2) is 152 Å². The highest BCUT2D eigenvalue weighted by atomic mass is 35.5. The molecule has 0 spiro atoms. The SMILES string of the molecule is CC(C)(C)OC(=O)CC[C@@H](C(N)=O)N1Cc2c(O)cccc2C1=O.CC(C)(C)OC(=O)CC[C@@H](C(N)=O)N1Cc2c(OCc3ccc(CN4CCOCC4=O)cc3)cccc2C1=O.ClCc1ccc(CCl)cc1.O=C1CCCOC1.O=C1CC[C@H](N2Cc3c(OCc4ccc(CN5CCOCC5=O)cc4)cccc3C2=O)C(=O)N1.O=C1COCCN1Cc1ccc(CCl)cc1. The van der Waals surface area contributed by atoms with Gasteiger partial charge < -0.3 is 83.9 Å². The van der Waals surface area contributed by atoms with Crippen LogP contribution in [0, 0.1) is 0 Å². The number of hydrogen-bond donors (Lipinski definition) is 4. The molecule has 0 aliphatic carbocycles. The predicted octanol–water partition coefficient (Wildman–Crippen LogP) is 10.6. The number of primary amides is 2. The van der Waals surface area contributed by atoms with Gasteiger partial charge in [0.2, 0.25) is 41.4 Å². The summed E-state index contributed by atoms with van der Waals surface area (Å²) in [5, 5.41) is 12.2. The fraction of sp³-hybridized carbons (Fsp3) is 0.427. The summed E-state index contributed by atoms with van der Waals surface area (Å²) in [5.74, 6) is -0.862. The van der Waals surface area contributed by atoms with E-state index in [9.17, 15) is 67.4 Å². The van der Waals surface area contributed by atoms with E-state index in [0.29, 0.717) is 136 Å². The Balaban J connectivity index is 0.000000175. The number of esters is 2. The third-order valence-electron chi connectivity index (χ3n) is 21.7. The van der Waals surface area contributed by atoms with Crippen molar-refractivity contribution in [3.05, 3.63) is 230 Å². The van der Waals surface area contributed by atoms with Crippen LogP contribution in [0.2, 0.25) is 0 Å². The highest BCUT2D eigenvalue weighted by molar-refractivity contribution is 6.17. The maximum Gasteiger partial charge on any atom is 0.306 e. The zero-order chi connectivity index (χ0) is 93.8. The first-order valence-electron chi connectivity index (χ1n) is 42.9.